The molecular weight excluding hydrogens is 258 g/mol. The van der Waals surface area contributed by atoms with E-state index in [1.54, 1.807) is 13.2 Å². The van der Waals surface area contributed by atoms with Crippen LogP contribution in [0.5, 0.6) is 0 Å². The average molecular weight is 276 g/mol. The largest absolute Gasteiger partial charge is 0.382 e. The van der Waals surface area contributed by atoms with Crippen LogP contribution < -0.4 is 10.9 Å². The van der Waals surface area contributed by atoms with Gasteiger partial charge in [-0.1, -0.05) is 18.0 Å². The molecule has 0 aliphatic carbocycles. The van der Waals surface area contributed by atoms with E-state index in [2.05, 4.69) is 16.7 Å². The van der Waals surface area contributed by atoms with Crippen LogP contribution in [-0.2, 0) is 7.05 Å². The van der Waals surface area contributed by atoms with Crippen molar-refractivity contribution in [1.82, 2.24) is 9.78 Å². The van der Waals surface area contributed by atoms with Crippen molar-refractivity contribution < 1.29 is 0 Å². The van der Waals surface area contributed by atoms with Crippen molar-refractivity contribution in [2.24, 2.45) is 7.05 Å². The summed E-state index contributed by atoms with van der Waals surface area (Å²) in [6.07, 6.45) is 7.19. The van der Waals surface area contributed by atoms with E-state index in [0.717, 1.165) is 13.0 Å². The van der Waals surface area contributed by atoms with Gasteiger partial charge in [0.1, 0.15) is 5.02 Å². The molecule has 1 aromatic rings. The minimum Gasteiger partial charge on any atom is -0.382 e. The van der Waals surface area contributed by atoms with Crippen molar-refractivity contribution in [3.63, 3.8) is 0 Å². The number of nitrogens with one attached hydrogen (secondary N) is 1. The van der Waals surface area contributed by atoms with Gasteiger partial charge in [-0.15, -0.1) is 0 Å². The van der Waals surface area contributed by atoms with Crippen LogP contribution in [0.2, 0.25) is 5.02 Å². The van der Waals surface area contributed by atoms with E-state index in [4.69, 9.17) is 11.6 Å². The lowest BCUT2D eigenvalue weighted by Crippen LogP contribution is -2.21. The van der Waals surface area contributed by atoms with Gasteiger partial charge in [0.25, 0.3) is 5.56 Å². The third kappa shape index (κ3) is 4.60. The van der Waals surface area contributed by atoms with Gasteiger partial charge in [0.2, 0.25) is 0 Å². The Morgan fingerprint density at radius 1 is 1.47 bits per heavy atom. The van der Waals surface area contributed by atoms with Gasteiger partial charge in [-0.25, -0.2) is 4.68 Å². The Kier molecular flexibility index (Phi) is 6.44. The van der Waals surface area contributed by atoms with Crippen molar-refractivity contribution in [2.75, 3.05) is 23.9 Å². The molecular formula is C11H18ClN3OS. The minimum absolute atomic E-state index is 0.214. The molecule has 17 heavy (non-hydrogen) atoms. The van der Waals surface area contributed by atoms with Gasteiger partial charge < -0.3 is 5.32 Å². The van der Waals surface area contributed by atoms with Crippen molar-refractivity contribution in [1.29, 1.82) is 0 Å². The Morgan fingerprint density at radius 2 is 2.24 bits per heavy atom. The average Bonchev–Trinajstić information content (AvgIpc) is 2.33. The quantitative estimate of drug-likeness (QED) is 0.776. The van der Waals surface area contributed by atoms with E-state index in [-0.39, 0.29) is 10.6 Å². The number of halogens is 1. The highest BCUT2D eigenvalue weighted by molar-refractivity contribution is 7.98. The molecule has 1 heterocycles. The highest BCUT2D eigenvalue weighted by atomic mass is 35.5. The fourth-order valence-electron chi connectivity index (χ4n) is 1.41. The van der Waals surface area contributed by atoms with E-state index in [1.807, 2.05) is 11.8 Å². The predicted octanol–water partition coefficient (Wildman–Crippen LogP) is 2.38. The standard InChI is InChI=1S/C11H18ClN3OS/c1-15-11(16)10(12)9(8-14-15)13-6-4-3-5-7-17-2/h8,13H,3-7H2,1-2H3. The second-order valence-electron chi connectivity index (χ2n) is 3.78. The molecule has 1 aromatic heterocycles. The zero-order chi connectivity index (χ0) is 12.7. The van der Waals surface area contributed by atoms with Crippen LogP contribution in [0, 0.1) is 0 Å². The van der Waals surface area contributed by atoms with Gasteiger partial charge in [0, 0.05) is 13.6 Å². The summed E-state index contributed by atoms with van der Waals surface area (Å²) in [5.74, 6) is 1.20. The molecule has 0 saturated heterocycles. The number of anilines is 1. The molecule has 6 heteroatoms. The number of hydrogen-bond donors (Lipinski definition) is 1. The smallest absolute Gasteiger partial charge is 0.287 e. The van der Waals surface area contributed by atoms with E-state index in [0.29, 0.717) is 5.69 Å². The first-order chi connectivity index (χ1) is 8.16. The molecule has 0 aliphatic heterocycles. The summed E-state index contributed by atoms with van der Waals surface area (Å²) in [5.41, 5.74) is 0.360. The summed E-state index contributed by atoms with van der Waals surface area (Å²) in [6, 6.07) is 0. The first kappa shape index (κ1) is 14.4. The van der Waals surface area contributed by atoms with Gasteiger partial charge in [-0.2, -0.15) is 16.9 Å². The lowest BCUT2D eigenvalue weighted by atomic mass is 10.2. The molecule has 4 nitrogen and oxygen atoms in total. The fourth-order valence-corrected chi connectivity index (χ4v) is 2.14. The summed E-state index contributed by atoms with van der Waals surface area (Å²) < 4.78 is 1.23. The van der Waals surface area contributed by atoms with Crippen LogP contribution in [0.25, 0.3) is 0 Å². The maximum atomic E-state index is 11.5. The zero-order valence-electron chi connectivity index (χ0n) is 10.2. The lowest BCUT2D eigenvalue weighted by molar-refractivity contribution is 0.705. The molecule has 0 fully saturated rings. The SMILES string of the molecule is CSCCCCCNc1cnn(C)c(=O)c1Cl. The van der Waals surface area contributed by atoms with E-state index < -0.39 is 0 Å². The maximum Gasteiger partial charge on any atom is 0.287 e. The van der Waals surface area contributed by atoms with Gasteiger partial charge >= 0.3 is 0 Å². The van der Waals surface area contributed by atoms with Crippen molar-refractivity contribution in [3.8, 4) is 0 Å². The zero-order valence-corrected chi connectivity index (χ0v) is 11.8. The summed E-state index contributed by atoms with van der Waals surface area (Å²) in [5, 5.41) is 7.28. The summed E-state index contributed by atoms with van der Waals surface area (Å²) >= 11 is 7.79. The number of rotatable bonds is 7. The highest BCUT2D eigenvalue weighted by Crippen LogP contribution is 2.15. The summed E-state index contributed by atoms with van der Waals surface area (Å²) in [6.45, 7) is 0.822. The Hall–Kier alpha value is -0.680. The highest BCUT2D eigenvalue weighted by Gasteiger charge is 2.05. The number of nitrogens with zero attached hydrogens (tertiary/aromatic N) is 2. The number of aryl methyl sites for hydroxylation is 1. The molecule has 0 saturated carbocycles. The van der Waals surface area contributed by atoms with Gasteiger partial charge in [-0.05, 0) is 24.9 Å². The van der Waals surface area contributed by atoms with Crippen LogP contribution >= 0.6 is 23.4 Å². The molecule has 1 N–H and O–H groups in total. The minimum atomic E-state index is -0.265. The second kappa shape index (κ2) is 7.61. The van der Waals surface area contributed by atoms with Crippen LogP contribution in [0.4, 0.5) is 5.69 Å². The molecule has 96 valence electrons. The van der Waals surface area contributed by atoms with Crippen molar-refractivity contribution in [2.45, 2.75) is 19.3 Å². The number of thioether (sulfide) groups is 1. The molecule has 0 aromatic carbocycles. The molecule has 0 amide bonds. The van der Waals surface area contributed by atoms with E-state index >= 15 is 0 Å². The normalized spacial score (nSPS) is 10.5. The summed E-state index contributed by atoms with van der Waals surface area (Å²) in [7, 11) is 1.58. The Labute approximate surface area is 111 Å². The monoisotopic (exact) mass is 275 g/mol. The summed E-state index contributed by atoms with van der Waals surface area (Å²) in [4.78, 5) is 11.5. The first-order valence-electron chi connectivity index (χ1n) is 5.61. The van der Waals surface area contributed by atoms with Crippen LogP contribution in [0.3, 0.4) is 0 Å². The lowest BCUT2D eigenvalue weighted by Gasteiger charge is -2.08. The molecule has 0 spiro atoms. The fraction of sp³-hybridized carbons (Fsp3) is 0.636. The molecule has 0 unspecified atom stereocenters. The van der Waals surface area contributed by atoms with Crippen molar-refractivity contribution in [3.05, 3.63) is 21.6 Å². The van der Waals surface area contributed by atoms with Crippen LogP contribution in [-0.4, -0.2) is 28.3 Å². The molecule has 0 atom stereocenters. The van der Waals surface area contributed by atoms with Crippen LogP contribution in [0.1, 0.15) is 19.3 Å². The molecule has 0 aliphatic rings. The third-order valence-corrected chi connectivity index (χ3v) is 3.48. The Balaban J connectivity index is 2.37. The molecule has 0 radical (unpaired) electrons. The molecule has 0 bridgehead atoms. The van der Waals surface area contributed by atoms with Gasteiger partial charge in [-0.3, -0.25) is 4.79 Å². The molecule has 1 rings (SSSR count). The van der Waals surface area contributed by atoms with Gasteiger partial charge in [0.05, 0.1) is 11.9 Å². The maximum absolute atomic E-state index is 11.5. The second-order valence-corrected chi connectivity index (χ2v) is 5.14. The van der Waals surface area contributed by atoms with E-state index in [1.165, 1.54) is 23.3 Å². The van der Waals surface area contributed by atoms with Gasteiger partial charge in [0.15, 0.2) is 0 Å². The number of hydrogen-bond acceptors (Lipinski definition) is 4. The Bertz CT molecular complexity index is 408. The first-order valence-corrected chi connectivity index (χ1v) is 7.38. The van der Waals surface area contributed by atoms with Crippen molar-refractivity contribution >= 4 is 29.1 Å². The topological polar surface area (TPSA) is 46.9 Å². The number of unbranched alkanes of at least 4 members (excludes halogenated alkanes) is 2. The van der Waals surface area contributed by atoms with Crippen LogP contribution in [0.15, 0.2) is 11.0 Å². The Morgan fingerprint density at radius 3 is 2.94 bits per heavy atom. The number of aromatic nitrogens is 2. The van der Waals surface area contributed by atoms with E-state index in [9.17, 15) is 4.79 Å². The predicted molar refractivity (Wildman–Crippen MR) is 75.2 cm³/mol. The third-order valence-electron chi connectivity index (χ3n) is 2.42.